The van der Waals surface area contributed by atoms with Gasteiger partial charge >= 0.3 is 0 Å². The summed E-state index contributed by atoms with van der Waals surface area (Å²) in [5, 5.41) is 13.4. The van der Waals surface area contributed by atoms with Gasteiger partial charge in [-0.1, -0.05) is 17.7 Å². The van der Waals surface area contributed by atoms with E-state index >= 15 is 0 Å². The number of rotatable bonds is 5. The first-order valence-corrected chi connectivity index (χ1v) is 10.8. The molecule has 2 N–H and O–H groups in total. The highest BCUT2D eigenvalue weighted by Crippen LogP contribution is 2.37. The highest BCUT2D eigenvalue weighted by molar-refractivity contribution is 7.94. The van der Waals surface area contributed by atoms with Gasteiger partial charge in [0, 0.05) is 10.8 Å². The molecular formula is C20H19ClFN5OS2. The molecule has 0 fully saturated rings. The Bertz CT molecular complexity index is 1180. The lowest BCUT2D eigenvalue weighted by Crippen LogP contribution is -2.00. The second-order valence-electron chi connectivity index (χ2n) is 6.23. The van der Waals surface area contributed by atoms with Crippen LogP contribution < -0.4 is 10.6 Å². The van der Waals surface area contributed by atoms with Gasteiger partial charge in [-0.15, -0.1) is 11.3 Å². The lowest BCUT2D eigenvalue weighted by Gasteiger charge is -2.13. The number of nitrogens with one attached hydrogen (secondary N) is 2. The molecule has 4 rings (SSSR count). The Morgan fingerprint density at radius 1 is 1.30 bits per heavy atom. The molecule has 0 bridgehead atoms. The molecule has 6 nitrogen and oxygen atoms in total. The number of anilines is 2. The van der Waals surface area contributed by atoms with E-state index in [1.807, 2.05) is 32.5 Å². The van der Waals surface area contributed by atoms with E-state index < -0.39 is 0 Å². The van der Waals surface area contributed by atoms with Crippen LogP contribution in [-0.4, -0.2) is 35.1 Å². The molecule has 10 heteroatoms. The number of nitrogens with zero attached hydrogens (tertiary/aromatic N) is 3. The summed E-state index contributed by atoms with van der Waals surface area (Å²) in [6, 6.07) is 8.71. The summed E-state index contributed by atoms with van der Waals surface area (Å²) in [6.07, 6.45) is 2.51. The van der Waals surface area contributed by atoms with E-state index in [1.165, 1.54) is 11.3 Å². The number of aryl methyl sites for hydroxylation is 1. The monoisotopic (exact) mass is 463 g/mol. The third-order valence-corrected chi connectivity index (χ3v) is 5.69. The minimum atomic E-state index is 0.133. The summed E-state index contributed by atoms with van der Waals surface area (Å²) < 4.78 is 14.9. The van der Waals surface area contributed by atoms with Crippen molar-refractivity contribution in [3.05, 3.63) is 57.5 Å². The van der Waals surface area contributed by atoms with Crippen LogP contribution in [0, 0.1) is 6.92 Å². The standard InChI is InChI=1S/C18H12ClFN4OS2.C2H7N/c1-10-15(23-17-14(19)3-2-4-16(17)27-20)5-11-7-21-24(18(11)22-10)12-6-13(8-25)26-9-12;1-3-2/h2-9,23H,1H3;3H,1-2H3. The van der Waals surface area contributed by atoms with Crippen LogP contribution in [0.15, 0.2) is 46.8 Å². The number of aldehydes is 1. The van der Waals surface area contributed by atoms with E-state index in [9.17, 15) is 8.68 Å². The van der Waals surface area contributed by atoms with E-state index in [0.717, 1.165) is 17.4 Å². The van der Waals surface area contributed by atoms with E-state index in [2.05, 4.69) is 20.7 Å². The molecular weight excluding hydrogens is 445 g/mol. The Labute approximate surface area is 186 Å². The van der Waals surface area contributed by atoms with Crippen LogP contribution in [0.25, 0.3) is 16.7 Å². The quantitative estimate of drug-likeness (QED) is 0.364. The van der Waals surface area contributed by atoms with Gasteiger partial charge in [-0.3, -0.25) is 4.79 Å². The molecule has 0 aliphatic rings. The average molecular weight is 464 g/mol. The predicted octanol–water partition coefficient (Wildman–Crippen LogP) is 5.81. The molecule has 1 aromatic carbocycles. The van der Waals surface area contributed by atoms with Gasteiger partial charge < -0.3 is 10.6 Å². The first kappa shape index (κ1) is 22.2. The van der Waals surface area contributed by atoms with Crippen molar-refractivity contribution < 1.29 is 8.68 Å². The van der Waals surface area contributed by atoms with Gasteiger partial charge in [-0.25, -0.2) is 9.67 Å². The predicted molar refractivity (Wildman–Crippen MR) is 124 cm³/mol. The lowest BCUT2D eigenvalue weighted by molar-refractivity contribution is 0.112. The molecule has 156 valence electrons. The van der Waals surface area contributed by atoms with Crippen LogP contribution in [0.3, 0.4) is 0 Å². The third kappa shape index (κ3) is 4.65. The molecule has 0 aliphatic heterocycles. The Hall–Kier alpha value is -2.46. The van der Waals surface area contributed by atoms with E-state index in [0.29, 0.717) is 37.5 Å². The van der Waals surface area contributed by atoms with Crippen molar-refractivity contribution in [2.24, 2.45) is 0 Å². The van der Waals surface area contributed by atoms with Gasteiger partial charge in [0.05, 0.1) is 55.9 Å². The summed E-state index contributed by atoms with van der Waals surface area (Å²) in [7, 11) is 3.75. The summed E-state index contributed by atoms with van der Waals surface area (Å²) in [6.45, 7) is 1.85. The Kier molecular flexibility index (Phi) is 7.43. The van der Waals surface area contributed by atoms with Gasteiger partial charge in [0.25, 0.3) is 0 Å². The molecule has 0 atom stereocenters. The van der Waals surface area contributed by atoms with Gasteiger partial charge in [0.1, 0.15) is 0 Å². The van der Waals surface area contributed by atoms with Crippen LogP contribution in [0.1, 0.15) is 15.4 Å². The third-order valence-electron chi connectivity index (χ3n) is 4.02. The minimum Gasteiger partial charge on any atom is -0.352 e. The number of hydrogen-bond donors (Lipinski definition) is 2. The van der Waals surface area contributed by atoms with Crippen LogP contribution in [-0.2, 0) is 0 Å². The van der Waals surface area contributed by atoms with Crippen molar-refractivity contribution >= 4 is 63.8 Å². The van der Waals surface area contributed by atoms with Crippen LogP contribution >= 0.6 is 35.1 Å². The van der Waals surface area contributed by atoms with Gasteiger partial charge in [0.15, 0.2) is 11.9 Å². The maximum absolute atomic E-state index is 13.2. The fraction of sp³-hybridized carbons (Fsp3) is 0.150. The molecule has 0 amide bonds. The number of carbonyl (C=O) groups excluding carboxylic acids is 1. The zero-order valence-corrected chi connectivity index (χ0v) is 18.8. The Balaban J connectivity index is 0.000000806. The molecule has 0 saturated heterocycles. The average Bonchev–Trinajstić information content (AvgIpc) is 3.36. The molecule has 0 unspecified atom stereocenters. The maximum atomic E-state index is 13.2. The summed E-state index contributed by atoms with van der Waals surface area (Å²) in [4.78, 5) is 16.6. The minimum absolute atomic E-state index is 0.133. The van der Waals surface area contributed by atoms with Crippen molar-refractivity contribution in [2.75, 3.05) is 19.4 Å². The summed E-state index contributed by atoms with van der Waals surface area (Å²) in [5.41, 5.74) is 3.38. The van der Waals surface area contributed by atoms with Gasteiger partial charge in [-0.2, -0.15) is 8.98 Å². The van der Waals surface area contributed by atoms with Crippen LogP contribution in [0.2, 0.25) is 5.02 Å². The Morgan fingerprint density at radius 3 is 2.73 bits per heavy atom. The second-order valence-corrected chi connectivity index (χ2v) is 8.17. The zero-order chi connectivity index (χ0) is 21.7. The number of para-hydroxylation sites is 1. The highest BCUT2D eigenvalue weighted by atomic mass is 35.5. The van der Waals surface area contributed by atoms with Gasteiger partial charge in [-0.05, 0) is 45.3 Å². The smallest absolute Gasteiger partial charge is 0.163 e. The van der Waals surface area contributed by atoms with Crippen molar-refractivity contribution in [1.82, 2.24) is 20.1 Å². The topological polar surface area (TPSA) is 71.8 Å². The highest BCUT2D eigenvalue weighted by Gasteiger charge is 2.14. The van der Waals surface area contributed by atoms with E-state index in [1.54, 1.807) is 35.1 Å². The summed E-state index contributed by atoms with van der Waals surface area (Å²) in [5.74, 6) is 0. The largest absolute Gasteiger partial charge is 0.352 e. The number of aromatic nitrogens is 3. The normalized spacial score (nSPS) is 10.6. The lowest BCUT2D eigenvalue weighted by atomic mass is 10.2. The maximum Gasteiger partial charge on any atom is 0.163 e. The number of thiophene rings is 1. The van der Waals surface area contributed by atoms with Crippen molar-refractivity contribution in [3.8, 4) is 5.69 Å². The molecule has 30 heavy (non-hydrogen) atoms. The number of pyridine rings is 1. The molecule has 0 saturated carbocycles. The number of halogens is 2. The van der Waals surface area contributed by atoms with Gasteiger partial charge in [0.2, 0.25) is 0 Å². The molecule has 0 spiro atoms. The number of carbonyl (C=O) groups is 1. The van der Waals surface area contributed by atoms with E-state index in [-0.39, 0.29) is 12.1 Å². The van der Waals surface area contributed by atoms with Crippen LogP contribution in [0.4, 0.5) is 15.3 Å². The van der Waals surface area contributed by atoms with Crippen LogP contribution in [0.5, 0.6) is 0 Å². The molecule has 0 aliphatic carbocycles. The first-order valence-electron chi connectivity index (χ1n) is 8.84. The number of fused-ring (bicyclic) bond motifs is 1. The van der Waals surface area contributed by atoms with Crippen molar-refractivity contribution in [2.45, 2.75) is 11.8 Å². The number of benzene rings is 1. The van der Waals surface area contributed by atoms with Crippen molar-refractivity contribution in [3.63, 3.8) is 0 Å². The molecule has 0 radical (unpaired) electrons. The first-order chi connectivity index (χ1) is 14.5. The Morgan fingerprint density at radius 2 is 2.07 bits per heavy atom. The molecule has 3 aromatic heterocycles. The zero-order valence-electron chi connectivity index (χ0n) is 16.4. The fourth-order valence-electron chi connectivity index (χ4n) is 2.70. The molecule has 3 heterocycles. The molecule has 4 aromatic rings. The second kappa shape index (κ2) is 10.0. The SMILES string of the molecule is CNC.Cc1nc2c(cnn2-c2csc(C=O)c2)cc1Nc1c(Cl)cccc1SF. The number of hydrogen-bond acceptors (Lipinski definition) is 7. The van der Waals surface area contributed by atoms with E-state index in [4.69, 9.17) is 11.6 Å². The summed E-state index contributed by atoms with van der Waals surface area (Å²) >= 11 is 7.70. The van der Waals surface area contributed by atoms with Crippen molar-refractivity contribution in [1.29, 1.82) is 0 Å². The fourth-order valence-corrected chi connectivity index (χ4v) is 4.02.